The van der Waals surface area contributed by atoms with E-state index in [9.17, 15) is 9.59 Å². The molecule has 0 saturated carbocycles. The molecule has 1 rings (SSSR count). The first kappa shape index (κ1) is 17.4. The van der Waals surface area contributed by atoms with Crippen LogP contribution < -0.4 is 5.32 Å². The molecule has 4 nitrogen and oxygen atoms in total. The summed E-state index contributed by atoms with van der Waals surface area (Å²) in [6, 6.07) is 6.74. The quantitative estimate of drug-likeness (QED) is 0.734. The lowest BCUT2D eigenvalue weighted by atomic mass is 9.99. The summed E-state index contributed by atoms with van der Waals surface area (Å²) in [5, 5.41) is 11.8. The van der Waals surface area contributed by atoms with Crippen LogP contribution in [0.5, 0.6) is 0 Å². The van der Waals surface area contributed by atoms with Crippen molar-refractivity contribution in [2.24, 2.45) is 5.92 Å². The Balaban J connectivity index is 2.83. The summed E-state index contributed by atoms with van der Waals surface area (Å²) in [6.07, 6.45) is 0.444. The molecule has 0 aromatic heterocycles. The van der Waals surface area contributed by atoms with Crippen molar-refractivity contribution in [3.63, 3.8) is 0 Å². The van der Waals surface area contributed by atoms with Crippen LogP contribution in [-0.2, 0) is 9.59 Å². The number of carboxylic acids is 1. The molecule has 2 unspecified atom stereocenters. The van der Waals surface area contributed by atoms with E-state index in [2.05, 4.69) is 27.8 Å². The number of benzene rings is 1. The summed E-state index contributed by atoms with van der Waals surface area (Å²) in [7, 11) is 0. The van der Waals surface area contributed by atoms with Crippen LogP contribution in [0.4, 0.5) is 0 Å². The fourth-order valence-electron chi connectivity index (χ4n) is 2.05. The van der Waals surface area contributed by atoms with Crippen molar-refractivity contribution < 1.29 is 14.7 Å². The predicted octanol–water partition coefficient (Wildman–Crippen LogP) is 3.68. The van der Waals surface area contributed by atoms with Crippen LogP contribution in [0.25, 0.3) is 0 Å². The highest BCUT2D eigenvalue weighted by atomic mass is 79.9. The Morgan fingerprint density at radius 1 is 1.29 bits per heavy atom. The Morgan fingerprint density at radius 2 is 1.86 bits per heavy atom. The molecule has 21 heavy (non-hydrogen) atoms. The van der Waals surface area contributed by atoms with Crippen molar-refractivity contribution in [2.75, 3.05) is 0 Å². The number of hydrogen-bond donors (Lipinski definition) is 2. The van der Waals surface area contributed by atoms with E-state index < -0.39 is 12.0 Å². The Morgan fingerprint density at radius 3 is 2.33 bits per heavy atom. The molecule has 0 bridgehead atoms. The number of carbonyl (C=O) groups is 2. The Bertz CT molecular complexity index is 525. The summed E-state index contributed by atoms with van der Waals surface area (Å²) in [4.78, 5) is 23.2. The number of aliphatic carboxylic acids is 1. The van der Waals surface area contributed by atoms with E-state index in [-0.39, 0.29) is 18.2 Å². The van der Waals surface area contributed by atoms with Crippen LogP contribution in [0.3, 0.4) is 0 Å². The molecular weight excluding hydrogens is 334 g/mol. The van der Waals surface area contributed by atoms with Gasteiger partial charge in [0.15, 0.2) is 0 Å². The Labute approximate surface area is 133 Å². The molecular formula is C16H20BrNO3. The van der Waals surface area contributed by atoms with Crippen molar-refractivity contribution in [3.8, 4) is 0 Å². The third-order valence-corrected chi connectivity index (χ3v) is 3.60. The average Bonchev–Trinajstić information content (AvgIpc) is 2.37. The largest absolute Gasteiger partial charge is 0.481 e. The zero-order chi connectivity index (χ0) is 16.0. The second kappa shape index (κ2) is 7.98. The van der Waals surface area contributed by atoms with E-state index in [1.807, 2.05) is 26.0 Å². The first-order valence-electron chi connectivity index (χ1n) is 6.71. The van der Waals surface area contributed by atoms with Crippen molar-refractivity contribution in [2.45, 2.75) is 32.7 Å². The topological polar surface area (TPSA) is 66.4 Å². The van der Waals surface area contributed by atoms with Gasteiger partial charge in [0.1, 0.15) is 0 Å². The van der Waals surface area contributed by atoms with Crippen LogP contribution in [0.2, 0.25) is 0 Å². The Hall–Kier alpha value is -1.62. The highest BCUT2D eigenvalue weighted by molar-refractivity contribution is 9.10. The van der Waals surface area contributed by atoms with E-state index in [0.717, 1.165) is 15.6 Å². The van der Waals surface area contributed by atoms with Crippen molar-refractivity contribution >= 4 is 27.8 Å². The van der Waals surface area contributed by atoms with Crippen molar-refractivity contribution in [1.82, 2.24) is 5.32 Å². The van der Waals surface area contributed by atoms with Crippen LogP contribution in [-0.4, -0.2) is 17.0 Å². The number of rotatable bonds is 7. The minimum atomic E-state index is -0.948. The molecule has 1 aromatic carbocycles. The van der Waals surface area contributed by atoms with Gasteiger partial charge in [0.25, 0.3) is 0 Å². The minimum absolute atomic E-state index is 0.146. The molecule has 2 N–H and O–H groups in total. The first-order chi connectivity index (χ1) is 9.79. The Kier molecular flexibility index (Phi) is 6.62. The average molecular weight is 354 g/mol. The normalized spacial score (nSPS) is 13.3. The van der Waals surface area contributed by atoms with E-state index >= 15 is 0 Å². The summed E-state index contributed by atoms with van der Waals surface area (Å²) in [6.45, 7) is 7.47. The standard InChI is InChI=1S/C16H20BrNO3/c1-10(2)8-11(3)16(21)18-14(9-15(19)20)12-4-6-13(17)7-5-12/h4-7,11,14H,1,8-9H2,2-3H3,(H,18,21)(H,19,20). The van der Waals surface area contributed by atoms with Crippen LogP contribution in [0.15, 0.2) is 40.9 Å². The minimum Gasteiger partial charge on any atom is -0.481 e. The molecule has 1 amide bonds. The number of carbonyl (C=O) groups excluding carboxylic acids is 1. The van der Waals surface area contributed by atoms with Gasteiger partial charge in [-0.15, -0.1) is 6.58 Å². The molecule has 0 radical (unpaired) electrons. The second-order valence-electron chi connectivity index (χ2n) is 5.27. The first-order valence-corrected chi connectivity index (χ1v) is 7.51. The van der Waals surface area contributed by atoms with Gasteiger partial charge in [-0.05, 0) is 31.0 Å². The van der Waals surface area contributed by atoms with Gasteiger partial charge in [0.05, 0.1) is 12.5 Å². The number of amides is 1. The van der Waals surface area contributed by atoms with Crippen LogP contribution in [0.1, 0.15) is 38.3 Å². The highest BCUT2D eigenvalue weighted by Crippen LogP contribution is 2.21. The maximum Gasteiger partial charge on any atom is 0.305 e. The molecule has 114 valence electrons. The monoisotopic (exact) mass is 353 g/mol. The van der Waals surface area contributed by atoms with Gasteiger partial charge in [0, 0.05) is 10.4 Å². The number of halogens is 1. The van der Waals surface area contributed by atoms with Gasteiger partial charge in [-0.1, -0.05) is 40.6 Å². The van der Waals surface area contributed by atoms with Gasteiger partial charge in [-0.3, -0.25) is 9.59 Å². The lowest BCUT2D eigenvalue weighted by Gasteiger charge is -2.20. The van der Waals surface area contributed by atoms with E-state index in [0.29, 0.717) is 6.42 Å². The van der Waals surface area contributed by atoms with Gasteiger partial charge in [-0.25, -0.2) is 0 Å². The predicted molar refractivity (Wildman–Crippen MR) is 85.9 cm³/mol. The van der Waals surface area contributed by atoms with E-state index in [1.165, 1.54) is 0 Å². The maximum absolute atomic E-state index is 12.2. The number of carboxylic acid groups (broad SMARTS) is 1. The van der Waals surface area contributed by atoms with Crippen LogP contribution >= 0.6 is 15.9 Å². The SMILES string of the molecule is C=C(C)CC(C)C(=O)NC(CC(=O)O)c1ccc(Br)cc1. The van der Waals surface area contributed by atoms with Crippen LogP contribution in [0, 0.1) is 5.92 Å². The number of nitrogens with one attached hydrogen (secondary N) is 1. The summed E-state index contributed by atoms with van der Waals surface area (Å²) in [5.41, 5.74) is 1.70. The molecule has 0 aliphatic carbocycles. The number of allylic oxidation sites excluding steroid dienone is 1. The molecule has 0 aliphatic heterocycles. The number of hydrogen-bond acceptors (Lipinski definition) is 2. The smallest absolute Gasteiger partial charge is 0.305 e. The van der Waals surface area contributed by atoms with Crippen molar-refractivity contribution in [1.29, 1.82) is 0 Å². The molecule has 5 heteroatoms. The zero-order valence-electron chi connectivity index (χ0n) is 12.2. The zero-order valence-corrected chi connectivity index (χ0v) is 13.8. The molecule has 0 saturated heterocycles. The fourth-order valence-corrected chi connectivity index (χ4v) is 2.32. The highest BCUT2D eigenvalue weighted by Gasteiger charge is 2.21. The van der Waals surface area contributed by atoms with Gasteiger partial charge < -0.3 is 10.4 Å². The van der Waals surface area contributed by atoms with Gasteiger partial charge in [0.2, 0.25) is 5.91 Å². The summed E-state index contributed by atoms with van der Waals surface area (Å²) < 4.78 is 0.905. The lowest BCUT2D eigenvalue weighted by molar-refractivity contribution is -0.137. The van der Waals surface area contributed by atoms with Gasteiger partial charge in [-0.2, -0.15) is 0 Å². The van der Waals surface area contributed by atoms with E-state index in [4.69, 9.17) is 5.11 Å². The molecule has 0 spiro atoms. The second-order valence-corrected chi connectivity index (χ2v) is 6.19. The third-order valence-electron chi connectivity index (χ3n) is 3.07. The molecule has 0 fully saturated rings. The lowest BCUT2D eigenvalue weighted by Crippen LogP contribution is -2.34. The molecule has 0 heterocycles. The van der Waals surface area contributed by atoms with Crippen molar-refractivity contribution in [3.05, 3.63) is 46.5 Å². The molecule has 2 atom stereocenters. The van der Waals surface area contributed by atoms with E-state index in [1.54, 1.807) is 12.1 Å². The van der Waals surface area contributed by atoms with Gasteiger partial charge >= 0.3 is 5.97 Å². The summed E-state index contributed by atoms with van der Waals surface area (Å²) >= 11 is 3.33. The molecule has 0 aliphatic rings. The fraction of sp³-hybridized carbons (Fsp3) is 0.375. The summed E-state index contributed by atoms with van der Waals surface area (Å²) in [5.74, 6) is -1.34. The molecule has 1 aromatic rings. The third kappa shape index (κ3) is 6.12. The maximum atomic E-state index is 12.2.